The summed E-state index contributed by atoms with van der Waals surface area (Å²) >= 11 is 12.3. The lowest BCUT2D eigenvalue weighted by Crippen LogP contribution is -2.28. The van der Waals surface area contributed by atoms with Gasteiger partial charge in [-0.3, -0.25) is 9.59 Å². The first-order chi connectivity index (χ1) is 13.3. The number of benzene rings is 2. The van der Waals surface area contributed by atoms with E-state index in [0.29, 0.717) is 32.9 Å². The number of halogens is 2. The number of methoxy groups -OCH3 is 2. The first-order valence-electron chi connectivity index (χ1n) is 8.63. The molecule has 1 saturated heterocycles. The second kappa shape index (κ2) is 8.29. The Morgan fingerprint density at radius 3 is 2.46 bits per heavy atom. The van der Waals surface area contributed by atoms with Gasteiger partial charge in [-0.05, 0) is 24.6 Å². The Morgan fingerprint density at radius 1 is 1.11 bits per heavy atom. The Morgan fingerprint density at radius 2 is 1.82 bits per heavy atom. The van der Waals surface area contributed by atoms with Gasteiger partial charge < -0.3 is 19.7 Å². The molecule has 0 aromatic heterocycles. The van der Waals surface area contributed by atoms with Crippen molar-refractivity contribution in [2.75, 3.05) is 31.0 Å². The van der Waals surface area contributed by atoms with Crippen LogP contribution in [0.1, 0.15) is 12.0 Å². The number of rotatable bonds is 5. The standard InChI is InChI=1S/C20H20Cl2N2O4/c1-11-4-5-13(7-14(11)21)24-10-12(6-19(24)25)20(26)23-16-9-17(27-2)15(22)8-18(16)28-3/h4-5,7-9,12H,6,10H2,1-3H3,(H,23,26). The maximum atomic E-state index is 12.8. The van der Waals surface area contributed by atoms with Crippen molar-refractivity contribution >= 4 is 46.4 Å². The van der Waals surface area contributed by atoms with Crippen molar-refractivity contribution in [2.45, 2.75) is 13.3 Å². The molecule has 2 aromatic rings. The van der Waals surface area contributed by atoms with E-state index in [2.05, 4.69) is 5.32 Å². The predicted molar refractivity (Wildman–Crippen MR) is 110 cm³/mol. The van der Waals surface area contributed by atoms with Crippen LogP contribution in [0.3, 0.4) is 0 Å². The molecule has 0 radical (unpaired) electrons. The number of hydrogen-bond acceptors (Lipinski definition) is 4. The predicted octanol–water partition coefficient (Wildman–Crippen LogP) is 4.31. The Hall–Kier alpha value is -2.44. The van der Waals surface area contributed by atoms with Crippen LogP contribution >= 0.6 is 23.2 Å². The van der Waals surface area contributed by atoms with Crippen molar-refractivity contribution in [3.8, 4) is 11.5 Å². The van der Waals surface area contributed by atoms with Gasteiger partial charge in [-0.2, -0.15) is 0 Å². The van der Waals surface area contributed by atoms with E-state index in [1.54, 1.807) is 23.1 Å². The van der Waals surface area contributed by atoms with E-state index < -0.39 is 5.92 Å². The van der Waals surface area contributed by atoms with Crippen molar-refractivity contribution < 1.29 is 19.1 Å². The smallest absolute Gasteiger partial charge is 0.229 e. The van der Waals surface area contributed by atoms with Gasteiger partial charge in [0, 0.05) is 35.8 Å². The summed E-state index contributed by atoms with van der Waals surface area (Å²) in [5.74, 6) is -0.0850. The molecular formula is C20H20Cl2N2O4. The van der Waals surface area contributed by atoms with Crippen LogP contribution in [0.2, 0.25) is 10.0 Å². The molecule has 1 aliphatic rings. The molecule has 1 unspecified atom stereocenters. The van der Waals surface area contributed by atoms with Gasteiger partial charge >= 0.3 is 0 Å². The van der Waals surface area contributed by atoms with E-state index in [1.165, 1.54) is 14.2 Å². The number of anilines is 2. The molecule has 8 heteroatoms. The highest BCUT2D eigenvalue weighted by Gasteiger charge is 2.35. The van der Waals surface area contributed by atoms with Gasteiger partial charge in [-0.15, -0.1) is 0 Å². The molecule has 1 N–H and O–H groups in total. The summed E-state index contributed by atoms with van der Waals surface area (Å²) in [6.07, 6.45) is 0.115. The van der Waals surface area contributed by atoms with E-state index in [-0.39, 0.29) is 24.8 Å². The molecule has 6 nitrogen and oxygen atoms in total. The molecule has 0 aliphatic carbocycles. The van der Waals surface area contributed by atoms with Crippen molar-refractivity contribution in [2.24, 2.45) is 5.92 Å². The van der Waals surface area contributed by atoms with E-state index in [4.69, 9.17) is 32.7 Å². The molecule has 28 heavy (non-hydrogen) atoms. The van der Waals surface area contributed by atoms with Crippen LogP contribution in [0.4, 0.5) is 11.4 Å². The fourth-order valence-corrected chi connectivity index (χ4v) is 3.48. The summed E-state index contributed by atoms with van der Waals surface area (Å²) in [4.78, 5) is 26.8. The van der Waals surface area contributed by atoms with Gasteiger partial charge in [-0.1, -0.05) is 29.3 Å². The minimum Gasteiger partial charge on any atom is -0.495 e. The first-order valence-corrected chi connectivity index (χ1v) is 9.38. The topological polar surface area (TPSA) is 67.9 Å². The first kappa shape index (κ1) is 20.3. The second-order valence-corrected chi connectivity index (χ2v) is 7.33. The quantitative estimate of drug-likeness (QED) is 0.779. The lowest BCUT2D eigenvalue weighted by Gasteiger charge is -2.18. The molecule has 1 aliphatic heterocycles. The molecular weight excluding hydrogens is 403 g/mol. The highest BCUT2D eigenvalue weighted by Crippen LogP contribution is 2.36. The molecule has 0 saturated carbocycles. The maximum Gasteiger partial charge on any atom is 0.229 e. The summed E-state index contributed by atoms with van der Waals surface area (Å²) in [7, 11) is 2.97. The Balaban J connectivity index is 1.77. The molecule has 0 spiro atoms. The van der Waals surface area contributed by atoms with E-state index in [9.17, 15) is 9.59 Å². The minimum atomic E-state index is -0.501. The molecule has 3 rings (SSSR count). The number of carbonyl (C=O) groups is 2. The largest absolute Gasteiger partial charge is 0.495 e. The fourth-order valence-electron chi connectivity index (χ4n) is 3.08. The number of nitrogens with zero attached hydrogens (tertiary/aromatic N) is 1. The third kappa shape index (κ3) is 4.03. The number of hydrogen-bond donors (Lipinski definition) is 1. The van der Waals surface area contributed by atoms with Crippen LogP contribution in [0.5, 0.6) is 11.5 Å². The average molecular weight is 423 g/mol. The van der Waals surface area contributed by atoms with Crippen LogP contribution < -0.4 is 19.7 Å². The molecule has 148 valence electrons. The normalized spacial score (nSPS) is 16.2. The summed E-state index contributed by atoms with van der Waals surface area (Å²) in [5.41, 5.74) is 2.04. The Labute approximate surface area is 173 Å². The van der Waals surface area contributed by atoms with Crippen molar-refractivity contribution in [1.29, 1.82) is 0 Å². The van der Waals surface area contributed by atoms with Crippen molar-refractivity contribution in [3.63, 3.8) is 0 Å². The maximum absolute atomic E-state index is 12.8. The molecule has 2 aromatic carbocycles. The van der Waals surface area contributed by atoms with Crippen LogP contribution in [0, 0.1) is 12.8 Å². The minimum absolute atomic E-state index is 0.115. The fraction of sp³-hybridized carbons (Fsp3) is 0.300. The van der Waals surface area contributed by atoms with Gasteiger partial charge in [0.05, 0.1) is 30.8 Å². The number of ether oxygens (including phenoxy) is 2. The van der Waals surface area contributed by atoms with Crippen LogP contribution in [0.15, 0.2) is 30.3 Å². The highest BCUT2D eigenvalue weighted by molar-refractivity contribution is 6.32. The summed E-state index contributed by atoms with van der Waals surface area (Å²) in [6.45, 7) is 2.17. The number of nitrogens with one attached hydrogen (secondary N) is 1. The number of carbonyl (C=O) groups excluding carboxylic acids is 2. The van der Waals surface area contributed by atoms with Crippen molar-refractivity contribution in [1.82, 2.24) is 0 Å². The summed E-state index contributed by atoms with van der Waals surface area (Å²) < 4.78 is 10.5. The Kier molecular flexibility index (Phi) is 6.01. The third-order valence-electron chi connectivity index (χ3n) is 4.69. The monoisotopic (exact) mass is 422 g/mol. The summed E-state index contributed by atoms with van der Waals surface area (Å²) in [5, 5.41) is 3.76. The molecule has 1 heterocycles. The van der Waals surface area contributed by atoms with E-state index >= 15 is 0 Å². The van der Waals surface area contributed by atoms with Gasteiger partial charge in [-0.25, -0.2) is 0 Å². The average Bonchev–Trinajstić information content (AvgIpc) is 3.06. The van der Waals surface area contributed by atoms with Crippen LogP contribution in [-0.2, 0) is 9.59 Å². The van der Waals surface area contributed by atoms with Crippen LogP contribution in [-0.4, -0.2) is 32.6 Å². The van der Waals surface area contributed by atoms with E-state index in [0.717, 1.165) is 5.56 Å². The highest BCUT2D eigenvalue weighted by atomic mass is 35.5. The third-order valence-corrected chi connectivity index (χ3v) is 5.40. The zero-order valence-corrected chi connectivity index (χ0v) is 17.2. The molecule has 1 fully saturated rings. The molecule has 2 amide bonds. The second-order valence-electron chi connectivity index (χ2n) is 6.52. The molecule has 0 bridgehead atoms. The van der Waals surface area contributed by atoms with Crippen LogP contribution in [0.25, 0.3) is 0 Å². The summed E-state index contributed by atoms with van der Waals surface area (Å²) in [6, 6.07) is 8.57. The lowest BCUT2D eigenvalue weighted by atomic mass is 10.1. The van der Waals surface area contributed by atoms with Gasteiger partial charge in [0.2, 0.25) is 11.8 Å². The van der Waals surface area contributed by atoms with Gasteiger partial charge in [0.1, 0.15) is 11.5 Å². The zero-order chi connectivity index (χ0) is 20.4. The molecule has 1 atom stereocenters. The lowest BCUT2D eigenvalue weighted by molar-refractivity contribution is -0.122. The van der Waals surface area contributed by atoms with Crippen molar-refractivity contribution in [3.05, 3.63) is 45.9 Å². The van der Waals surface area contributed by atoms with Gasteiger partial charge in [0.15, 0.2) is 0 Å². The number of amides is 2. The van der Waals surface area contributed by atoms with Gasteiger partial charge in [0.25, 0.3) is 0 Å². The SMILES string of the molecule is COc1cc(NC(=O)C2CC(=O)N(c3ccc(C)c(Cl)c3)C2)c(OC)cc1Cl. The Bertz CT molecular complexity index is 933. The number of aryl methyl sites for hydroxylation is 1. The zero-order valence-electron chi connectivity index (χ0n) is 15.7. The van der Waals surface area contributed by atoms with E-state index in [1.807, 2.05) is 19.1 Å².